The molecule has 1 aromatic carbocycles. The van der Waals surface area contributed by atoms with E-state index in [0.29, 0.717) is 0 Å². The minimum atomic E-state index is -3.85. The van der Waals surface area contributed by atoms with Gasteiger partial charge >= 0.3 is 0 Å². The van der Waals surface area contributed by atoms with Crippen LogP contribution in [-0.2, 0) is 10.0 Å². The van der Waals surface area contributed by atoms with Crippen molar-refractivity contribution in [3.63, 3.8) is 0 Å². The van der Waals surface area contributed by atoms with E-state index in [1.807, 2.05) is 0 Å². The summed E-state index contributed by atoms with van der Waals surface area (Å²) in [4.78, 5) is 3.92. The average molecular weight is 338 g/mol. The fourth-order valence-corrected chi connectivity index (χ4v) is 3.84. The third kappa shape index (κ3) is 3.20. The first-order valence-electron chi connectivity index (χ1n) is 7.01. The van der Waals surface area contributed by atoms with Gasteiger partial charge in [-0.3, -0.25) is 4.98 Å². The molecular weight excluding hydrogens is 319 g/mol. The van der Waals surface area contributed by atoms with Crippen molar-refractivity contribution in [2.75, 3.05) is 14.2 Å². The predicted octanol–water partition coefficient (Wildman–Crippen LogP) is 2.92. The Morgan fingerprint density at radius 1 is 1.30 bits per heavy atom. The van der Waals surface area contributed by atoms with Gasteiger partial charge in [-0.25, -0.2) is 12.8 Å². The van der Waals surface area contributed by atoms with Gasteiger partial charge in [-0.2, -0.15) is 4.31 Å². The number of benzene rings is 1. The smallest absolute Gasteiger partial charge is 0.243 e. The Morgan fingerprint density at radius 2 is 2.00 bits per heavy atom. The first-order chi connectivity index (χ1) is 10.8. The van der Waals surface area contributed by atoms with Gasteiger partial charge in [0.25, 0.3) is 0 Å². The Labute approximate surface area is 135 Å². The molecule has 0 N–H and O–H groups in total. The topological polar surface area (TPSA) is 59.5 Å². The zero-order valence-electron chi connectivity index (χ0n) is 13.4. The van der Waals surface area contributed by atoms with Crippen molar-refractivity contribution in [3.8, 4) is 5.75 Å². The zero-order valence-corrected chi connectivity index (χ0v) is 14.3. The van der Waals surface area contributed by atoms with Crippen molar-refractivity contribution in [1.29, 1.82) is 0 Å². The molecule has 7 heteroatoms. The summed E-state index contributed by atoms with van der Waals surface area (Å²) in [5.74, 6) is -0.652. The summed E-state index contributed by atoms with van der Waals surface area (Å²) in [5.41, 5.74) is 0.791. The number of nitrogens with zero attached hydrogens (tertiary/aromatic N) is 2. The van der Waals surface area contributed by atoms with Crippen molar-refractivity contribution < 1.29 is 17.5 Å². The van der Waals surface area contributed by atoms with Crippen LogP contribution >= 0.6 is 0 Å². The highest BCUT2D eigenvalue weighted by molar-refractivity contribution is 7.89. The molecule has 2 rings (SSSR count). The van der Waals surface area contributed by atoms with E-state index in [1.165, 1.54) is 37.5 Å². The van der Waals surface area contributed by atoms with Gasteiger partial charge in [0, 0.05) is 31.0 Å². The molecule has 2 aromatic rings. The van der Waals surface area contributed by atoms with Crippen LogP contribution in [0.2, 0.25) is 0 Å². The van der Waals surface area contributed by atoms with E-state index in [0.717, 1.165) is 5.56 Å². The SMILES string of the molecule is COc1ccc(S(=O)(=O)N(C)[C@@H](C)c2cccnc2)c(C)c1F. The second-order valence-electron chi connectivity index (χ2n) is 5.19. The second-order valence-corrected chi connectivity index (χ2v) is 7.15. The van der Waals surface area contributed by atoms with Crippen LogP contribution in [0, 0.1) is 12.7 Å². The molecule has 1 heterocycles. The maximum absolute atomic E-state index is 14.2. The van der Waals surface area contributed by atoms with E-state index in [9.17, 15) is 12.8 Å². The normalized spacial score (nSPS) is 13.1. The summed E-state index contributed by atoms with van der Waals surface area (Å²) in [6.07, 6.45) is 3.23. The number of methoxy groups -OCH3 is 1. The Morgan fingerprint density at radius 3 is 2.57 bits per heavy atom. The lowest BCUT2D eigenvalue weighted by Crippen LogP contribution is -2.30. The summed E-state index contributed by atoms with van der Waals surface area (Å²) in [5, 5.41) is 0. The number of sulfonamides is 1. The fourth-order valence-electron chi connectivity index (χ4n) is 2.28. The average Bonchev–Trinajstić information content (AvgIpc) is 2.56. The molecule has 0 aliphatic carbocycles. The van der Waals surface area contributed by atoms with Gasteiger partial charge in [-0.05, 0) is 37.6 Å². The van der Waals surface area contributed by atoms with Crippen LogP contribution in [0.15, 0.2) is 41.6 Å². The minimum Gasteiger partial charge on any atom is -0.494 e. The number of hydrogen-bond acceptors (Lipinski definition) is 4. The van der Waals surface area contributed by atoms with Gasteiger partial charge in [0.15, 0.2) is 11.6 Å². The molecule has 0 saturated carbocycles. The largest absolute Gasteiger partial charge is 0.494 e. The molecule has 0 amide bonds. The molecule has 0 bridgehead atoms. The van der Waals surface area contributed by atoms with Crippen LogP contribution in [0.1, 0.15) is 24.1 Å². The molecule has 0 unspecified atom stereocenters. The summed E-state index contributed by atoms with van der Waals surface area (Å²) >= 11 is 0. The maximum atomic E-state index is 14.2. The first-order valence-corrected chi connectivity index (χ1v) is 8.45. The maximum Gasteiger partial charge on any atom is 0.243 e. The van der Waals surface area contributed by atoms with Crippen molar-refractivity contribution >= 4 is 10.0 Å². The molecule has 23 heavy (non-hydrogen) atoms. The molecule has 0 aliphatic rings. The third-order valence-electron chi connectivity index (χ3n) is 3.89. The van der Waals surface area contributed by atoms with Crippen LogP contribution in [0.25, 0.3) is 0 Å². The summed E-state index contributed by atoms with van der Waals surface area (Å²) in [6, 6.07) is 5.78. The Bertz CT molecular complexity index is 794. The monoisotopic (exact) mass is 338 g/mol. The van der Waals surface area contributed by atoms with Crippen molar-refractivity contribution in [2.24, 2.45) is 0 Å². The van der Waals surface area contributed by atoms with Gasteiger partial charge < -0.3 is 4.74 Å². The first kappa shape index (κ1) is 17.4. The predicted molar refractivity (Wildman–Crippen MR) is 85.3 cm³/mol. The number of ether oxygens (including phenoxy) is 1. The van der Waals surface area contributed by atoms with E-state index >= 15 is 0 Å². The van der Waals surface area contributed by atoms with E-state index < -0.39 is 21.9 Å². The minimum absolute atomic E-state index is 0.0180. The summed E-state index contributed by atoms with van der Waals surface area (Å²) in [7, 11) is -1.05. The Balaban J connectivity index is 2.44. The number of hydrogen-bond donors (Lipinski definition) is 0. The van der Waals surface area contributed by atoms with Crippen LogP contribution < -0.4 is 4.74 Å². The van der Waals surface area contributed by atoms with Crippen molar-refractivity contribution in [1.82, 2.24) is 9.29 Å². The lowest BCUT2D eigenvalue weighted by Gasteiger charge is -2.25. The van der Waals surface area contributed by atoms with E-state index in [2.05, 4.69) is 4.98 Å². The van der Waals surface area contributed by atoms with E-state index in [1.54, 1.807) is 31.5 Å². The summed E-state index contributed by atoms with van der Waals surface area (Å²) < 4.78 is 45.9. The highest BCUT2D eigenvalue weighted by Crippen LogP contribution is 2.31. The highest BCUT2D eigenvalue weighted by atomic mass is 32.2. The molecule has 0 saturated heterocycles. The Kier molecular flexibility index (Phi) is 5.01. The fraction of sp³-hybridized carbons (Fsp3) is 0.312. The zero-order chi connectivity index (χ0) is 17.2. The van der Waals surface area contributed by atoms with Gasteiger partial charge in [-0.1, -0.05) is 6.07 Å². The quantitative estimate of drug-likeness (QED) is 0.841. The van der Waals surface area contributed by atoms with Gasteiger partial charge in [-0.15, -0.1) is 0 Å². The molecule has 1 atom stereocenters. The Hall–Kier alpha value is -1.99. The number of halogens is 1. The lowest BCUT2D eigenvalue weighted by molar-refractivity contribution is 0.381. The van der Waals surface area contributed by atoms with Crippen LogP contribution in [0.4, 0.5) is 4.39 Å². The van der Waals surface area contributed by atoms with Gasteiger partial charge in [0.1, 0.15) is 0 Å². The molecule has 0 spiro atoms. The van der Waals surface area contributed by atoms with E-state index in [-0.39, 0.29) is 16.2 Å². The molecule has 0 aliphatic heterocycles. The van der Waals surface area contributed by atoms with Gasteiger partial charge in [0.05, 0.1) is 12.0 Å². The molecule has 0 fully saturated rings. The van der Waals surface area contributed by atoms with E-state index in [4.69, 9.17) is 4.74 Å². The molecule has 1 aromatic heterocycles. The van der Waals surface area contributed by atoms with Crippen LogP contribution in [0.5, 0.6) is 5.75 Å². The highest BCUT2D eigenvalue weighted by Gasteiger charge is 2.29. The number of aromatic nitrogens is 1. The third-order valence-corrected chi connectivity index (χ3v) is 5.96. The van der Waals surface area contributed by atoms with Crippen molar-refractivity contribution in [3.05, 3.63) is 53.6 Å². The molecule has 5 nitrogen and oxygen atoms in total. The molecular formula is C16H19FN2O3S. The summed E-state index contributed by atoms with van der Waals surface area (Å²) in [6.45, 7) is 3.18. The van der Waals surface area contributed by atoms with Gasteiger partial charge in [0.2, 0.25) is 10.0 Å². The number of pyridine rings is 1. The second kappa shape index (κ2) is 6.64. The molecule has 0 radical (unpaired) electrons. The number of rotatable bonds is 5. The van der Waals surface area contributed by atoms with Crippen LogP contribution in [0.3, 0.4) is 0 Å². The van der Waals surface area contributed by atoms with Crippen LogP contribution in [-0.4, -0.2) is 31.9 Å². The standard InChI is InChI=1S/C16H19FN2O3S/c1-11-15(8-7-14(22-4)16(11)17)23(20,21)19(3)12(2)13-6-5-9-18-10-13/h5-10,12H,1-4H3/t12-/m0/s1. The van der Waals surface area contributed by atoms with Crippen molar-refractivity contribution in [2.45, 2.75) is 24.8 Å². The molecule has 124 valence electrons. The lowest BCUT2D eigenvalue weighted by atomic mass is 10.1.